The third kappa shape index (κ3) is 4.90. The molecule has 0 aliphatic heterocycles. The molecule has 0 fully saturated rings. The number of hydrogen-bond donors (Lipinski definition) is 1. The molecular formula is C17H25N3S. The second-order valence-corrected chi connectivity index (χ2v) is 6.69. The van der Waals surface area contributed by atoms with E-state index in [-0.39, 0.29) is 0 Å². The van der Waals surface area contributed by atoms with Gasteiger partial charge in [-0.1, -0.05) is 56.4 Å². The lowest BCUT2D eigenvalue weighted by Crippen LogP contribution is -2.16. The van der Waals surface area contributed by atoms with Gasteiger partial charge < -0.3 is 5.32 Å². The summed E-state index contributed by atoms with van der Waals surface area (Å²) in [5, 5.41) is 14.2. The van der Waals surface area contributed by atoms with Crippen LogP contribution in [0, 0.1) is 0 Å². The van der Waals surface area contributed by atoms with E-state index in [2.05, 4.69) is 60.6 Å². The number of rotatable bonds is 8. The van der Waals surface area contributed by atoms with E-state index in [1.165, 1.54) is 17.5 Å². The summed E-state index contributed by atoms with van der Waals surface area (Å²) in [6.45, 7) is 8.78. The van der Waals surface area contributed by atoms with Crippen LogP contribution in [0.2, 0.25) is 0 Å². The lowest BCUT2D eigenvalue weighted by Gasteiger charge is -2.04. The van der Waals surface area contributed by atoms with E-state index in [1.54, 1.807) is 11.3 Å². The molecule has 0 radical (unpaired) electrons. The third-order valence-corrected chi connectivity index (χ3v) is 4.49. The van der Waals surface area contributed by atoms with Crippen molar-refractivity contribution in [3.8, 4) is 10.6 Å². The molecule has 21 heavy (non-hydrogen) atoms. The van der Waals surface area contributed by atoms with Crippen LogP contribution in [0.4, 0.5) is 0 Å². The summed E-state index contributed by atoms with van der Waals surface area (Å²) < 4.78 is 0. The Bertz CT molecular complexity index is 531. The van der Waals surface area contributed by atoms with E-state index in [0.29, 0.717) is 5.92 Å². The summed E-state index contributed by atoms with van der Waals surface area (Å²) in [5.74, 6) is 0.569. The van der Waals surface area contributed by atoms with Crippen molar-refractivity contribution in [2.75, 3.05) is 13.1 Å². The van der Waals surface area contributed by atoms with Gasteiger partial charge in [0.05, 0.1) is 0 Å². The summed E-state index contributed by atoms with van der Waals surface area (Å²) in [5.41, 5.74) is 2.54. The van der Waals surface area contributed by atoms with Crippen molar-refractivity contribution in [1.29, 1.82) is 0 Å². The zero-order valence-corrected chi connectivity index (χ0v) is 14.0. The van der Waals surface area contributed by atoms with Crippen LogP contribution in [0.25, 0.3) is 10.6 Å². The third-order valence-electron chi connectivity index (χ3n) is 3.46. The first-order chi connectivity index (χ1) is 10.2. The molecule has 2 rings (SSSR count). The standard InChI is InChI=1S/C17H25N3S/c1-4-11-18-12-5-6-16-19-20-17(21-16)15-9-7-14(8-10-15)13(2)3/h7-10,13,18H,4-6,11-12H2,1-3H3. The van der Waals surface area contributed by atoms with Crippen LogP contribution in [-0.4, -0.2) is 23.3 Å². The average molecular weight is 303 g/mol. The normalized spacial score (nSPS) is 11.2. The average Bonchev–Trinajstić information content (AvgIpc) is 2.96. The van der Waals surface area contributed by atoms with Gasteiger partial charge in [-0.25, -0.2) is 0 Å². The van der Waals surface area contributed by atoms with Crippen LogP contribution < -0.4 is 5.32 Å². The smallest absolute Gasteiger partial charge is 0.147 e. The van der Waals surface area contributed by atoms with Crippen molar-refractivity contribution >= 4 is 11.3 Å². The Kier molecular flexibility index (Phi) is 6.33. The van der Waals surface area contributed by atoms with Crippen molar-refractivity contribution in [2.24, 2.45) is 0 Å². The molecule has 4 heteroatoms. The summed E-state index contributed by atoms with van der Waals surface area (Å²) in [4.78, 5) is 0. The quantitative estimate of drug-likeness (QED) is 0.740. The molecule has 0 amide bonds. The van der Waals surface area contributed by atoms with Gasteiger partial charge in [0, 0.05) is 12.0 Å². The van der Waals surface area contributed by atoms with Crippen molar-refractivity contribution in [2.45, 2.75) is 46.0 Å². The molecule has 0 spiro atoms. The van der Waals surface area contributed by atoms with Gasteiger partial charge in [-0.15, -0.1) is 10.2 Å². The lowest BCUT2D eigenvalue weighted by molar-refractivity contribution is 0.637. The van der Waals surface area contributed by atoms with E-state index < -0.39 is 0 Å². The second kappa shape index (κ2) is 8.25. The zero-order valence-electron chi connectivity index (χ0n) is 13.2. The van der Waals surface area contributed by atoms with Crippen LogP contribution in [-0.2, 0) is 6.42 Å². The first-order valence-corrected chi connectivity index (χ1v) is 8.65. The van der Waals surface area contributed by atoms with E-state index in [9.17, 15) is 0 Å². The second-order valence-electron chi connectivity index (χ2n) is 5.63. The van der Waals surface area contributed by atoms with E-state index >= 15 is 0 Å². The monoisotopic (exact) mass is 303 g/mol. The van der Waals surface area contributed by atoms with Crippen LogP contribution in [0.15, 0.2) is 24.3 Å². The highest BCUT2D eigenvalue weighted by Crippen LogP contribution is 2.25. The van der Waals surface area contributed by atoms with Crippen molar-refractivity contribution in [3.05, 3.63) is 34.8 Å². The molecule has 114 valence electrons. The van der Waals surface area contributed by atoms with E-state index in [4.69, 9.17) is 0 Å². The minimum Gasteiger partial charge on any atom is -0.317 e. The molecule has 0 saturated carbocycles. The van der Waals surface area contributed by atoms with Crippen LogP contribution in [0.1, 0.15) is 50.1 Å². The molecule has 2 aromatic rings. The highest BCUT2D eigenvalue weighted by atomic mass is 32.1. The Hall–Kier alpha value is -1.26. The number of aryl methyl sites for hydroxylation is 1. The highest BCUT2D eigenvalue weighted by Gasteiger charge is 2.07. The zero-order chi connectivity index (χ0) is 15.1. The van der Waals surface area contributed by atoms with Gasteiger partial charge in [-0.3, -0.25) is 0 Å². The van der Waals surface area contributed by atoms with Gasteiger partial charge in [0.25, 0.3) is 0 Å². The summed E-state index contributed by atoms with van der Waals surface area (Å²) >= 11 is 1.71. The molecule has 0 bridgehead atoms. The summed E-state index contributed by atoms with van der Waals surface area (Å²) in [7, 11) is 0. The molecule has 0 aliphatic rings. The highest BCUT2D eigenvalue weighted by molar-refractivity contribution is 7.14. The Morgan fingerprint density at radius 3 is 2.52 bits per heavy atom. The minimum absolute atomic E-state index is 0.569. The topological polar surface area (TPSA) is 37.8 Å². The number of nitrogens with zero attached hydrogens (tertiary/aromatic N) is 2. The van der Waals surface area contributed by atoms with Crippen LogP contribution >= 0.6 is 11.3 Å². The van der Waals surface area contributed by atoms with E-state index in [0.717, 1.165) is 35.9 Å². The predicted octanol–water partition coefficient (Wildman–Crippen LogP) is 4.26. The maximum Gasteiger partial charge on any atom is 0.147 e. The number of hydrogen-bond acceptors (Lipinski definition) is 4. The van der Waals surface area contributed by atoms with Gasteiger partial charge in [0.15, 0.2) is 0 Å². The van der Waals surface area contributed by atoms with E-state index in [1.807, 2.05) is 0 Å². The summed E-state index contributed by atoms with van der Waals surface area (Å²) in [6, 6.07) is 8.69. The molecule has 0 unspecified atom stereocenters. The lowest BCUT2D eigenvalue weighted by atomic mass is 10.0. The minimum atomic E-state index is 0.569. The largest absolute Gasteiger partial charge is 0.317 e. The Balaban J connectivity index is 1.90. The maximum absolute atomic E-state index is 4.32. The Morgan fingerprint density at radius 2 is 1.86 bits per heavy atom. The van der Waals surface area contributed by atoms with Crippen molar-refractivity contribution in [1.82, 2.24) is 15.5 Å². The molecular weight excluding hydrogens is 278 g/mol. The molecule has 1 aromatic carbocycles. The molecule has 0 saturated heterocycles. The first-order valence-electron chi connectivity index (χ1n) is 7.84. The SMILES string of the molecule is CCCNCCCc1nnc(-c2ccc(C(C)C)cc2)s1. The van der Waals surface area contributed by atoms with Gasteiger partial charge in [0.1, 0.15) is 10.0 Å². The van der Waals surface area contributed by atoms with Gasteiger partial charge in [-0.05, 0) is 37.4 Å². The molecule has 1 N–H and O–H groups in total. The molecule has 3 nitrogen and oxygen atoms in total. The molecule has 1 aromatic heterocycles. The number of aromatic nitrogens is 2. The van der Waals surface area contributed by atoms with Crippen LogP contribution in [0.5, 0.6) is 0 Å². The number of nitrogens with one attached hydrogen (secondary N) is 1. The van der Waals surface area contributed by atoms with Crippen molar-refractivity contribution in [3.63, 3.8) is 0 Å². The first kappa shape index (κ1) is 16.1. The molecule has 0 atom stereocenters. The number of benzene rings is 1. The van der Waals surface area contributed by atoms with Crippen molar-refractivity contribution < 1.29 is 0 Å². The fraction of sp³-hybridized carbons (Fsp3) is 0.529. The molecule has 0 aliphatic carbocycles. The fourth-order valence-electron chi connectivity index (χ4n) is 2.15. The maximum atomic E-state index is 4.32. The van der Waals surface area contributed by atoms with Gasteiger partial charge in [0.2, 0.25) is 0 Å². The Labute approximate surface area is 131 Å². The van der Waals surface area contributed by atoms with Gasteiger partial charge in [-0.2, -0.15) is 0 Å². The van der Waals surface area contributed by atoms with Gasteiger partial charge >= 0.3 is 0 Å². The molecule has 1 heterocycles. The van der Waals surface area contributed by atoms with Crippen LogP contribution in [0.3, 0.4) is 0 Å². The predicted molar refractivity (Wildman–Crippen MR) is 90.9 cm³/mol. The summed E-state index contributed by atoms with van der Waals surface area (Å²) in [6.07, 6.45) is 3.33. The fourth-order valence-corrected chi connectivity index (χ4v) is 3.04. The Morgan fingerprint density at radius 1 is 1.10 bits per heavy atom.